The fourth-order valence-electron chi connectivity index (χ4n) is 4.01. The molecule has 2 aromatic carbocycles. The summed E-state index contributed by atoms with van der Waals surface area (Å²) >= 11 is 6.19. The maximum absolute atomic E-state index is 13.7. The number of halogens is 1. The predicted molar refractivity (Wildman–Crippen MR) is 129 cm³/mol. The van der Waals surface area contributed by atoms with E-state index in [1.54, 1.807) is 15.2 Å². The standard InChI is InChI=1S/C24H29ClN4O2S/c1-18-10-11-19(25)16-21(18)27-12-14-28(15-13-27)32(30,31)22-17-29(20-8-6-5-7-9-20)26-23(22)24(2,3)4/h5-11,16-17H,12-15H2,1-4H3. The third-order valence-electron chi connectivity index (χ3n) is 5.78. The second-order valence-electron chi connectivity index (χ2n) is 9.19. The van der Waals surface area contributed by atoms with Gasteiger partial charge in [-0.3, -0.25) is 0 Å². The molecule has 1 aromatic heterocycles. The Hall–Kier alpha value is -2.35. The van der Waals surface area contributed by atoms with Crippen molar-refractivity contribution >= 4 is 27.3 Å². The van der Waals surface area contributed by atoms with Crippen LogP contribution >= 0.6 is 11.6 Å². The van der Waals surface area contributed by atoms with Gasteiger partial charge < -0.3 is 4.90 Å². The average Bonchev–Trinajstić information content (AvgIpc) is 3.23. The minimum absolute atomic E-state index is 0.279. The summed E-state index contributed by atoms with van der Waals surface area (Å²) < 4.78 is 30.6. The van der Waals surface area contributed by atoms with Gasteiger partial charge in [0.05, 0.1) is 17.6 Å². The molecule has 0 amide bonds. The van der Waals surface area contributed by atoms with E-state index in [1.165, 1.54) is 0 Å². The molecule has 4 rings (SSSR count). The van der Waals surface area contributed by atoms with Crippen LogP contribution < -0.4 is 4.90 Å². The van der Waals surface area contributed by atoms with Crippen molar-refractivity contribution < 1.29 is 8.42 Å². The van der Waals surface area contributed by atoms with E-state index in [9.17, 15) is 8.42 Å². The highest BCUT2D eigenvalue weighted by Gasteiger charge is 2.36. The van der Waals surface area contributed by atoms with Crippen LogP contribution in [-0.4, -0.2) is 48.7 Å². The van der Waals surface area contributed by atoms with Gasteiger partial charge in [-0.15, -0.1) is 0 Å². The van der Waals surface area contributed by atoms with E-state index in [2.05, 4.69) is 10.00 Å². The molecule has 0 atom stereocenters. The first-order valence-corrected chi connectivity index (χ1v) is 12.6. The lowest BCUT2D eigenvalue weighted by Gasteiger charge is -2.36. The number of sulfonamides is 1. The van der Waals surface area contributed by atoms with Crippen LogP contribution in [0.15, 0.2) is 59.6 Å². The van der Waals surface area contributed by atoms with Gasteiger partial charge in [-0.2, -0.15) is 9.40 Å². The Morgan fingerprint density at radius 3 is 2.25 bits per heavy atom. The average molecular weight is 473 g/mol. The molecule has 1 aliphatic heterocycles. The Kier molecular flexibility index (Phi) is 6.09. The molecule has 32 heavy (non-hydrogen) atoms. The molecule has 0 radical (unpaired) electrons. The first kappa shape index (κ1) is 22.8. The van der Waals surface area contributed by atoms with E-state index in [4.69, 9.17) is 11.6 Å². The maximum atomic E-state index is 13.7. The third kappa shape index (κ3) is 4.42. The highest BCUT2D eigenvalue weighted by molar-refractivity contribution is 7.89. The van der Waals surface area contributed by atoms with Gasteiger partial charge in [0.2, 0.25) is 10.0 Å². The number of aryl methyl sites for hydroxylation is 1. The summed E-state index contributed by atoms with van der Waals surface area (Å²) in [7, 11) is -3.69. The van der Waals surface area contributed by atoms with Crippen LogP contribution in [-0.2, 0) is 15.4 Å². The van der Waals surface area contributed by atoms with Gasteiger partial charge in [0.15, 0.2) is 0 Å². The molecular formula is C24H29ClN4O2S. The number of hydrogen-bond acceptors (Lipinski definition) is 4. The summed E-state index contributed by atoms with van der Waals surface area (Å²) in [6, 6.07) is 15.4. The summed E-state index contributed by atoms with van der Waals surface area (Å²) in [5.41, 5.74) is 3.18. The Morgan fingerprint density at radius 2 is 1.62 bits per heavy atom. The zero-order valence-electron chi connectivity index (χ0n) is 18.9. The number of benzene rings is 2. The monoisotopic (exact) mass is 472 g/mol. The summed E-state index contributed by atoms with van der Waals surface area (Å²) in [5.74, 6) is 0. The summed E-state index contributed by atoms with van der Waals surface area (Å²) in [4.78, 5) is 2.48. The van der Waals surface area contributed by atoms with Crippen molar-refractivity contribution in [2.75, 3.05) is 31.1 Å². The predicted octanol–water partition coefficient (Wildman–Crippen LogP) is 4.64. The molecule has 1 fully saturated rings. The Balaban J connectivity index is 1.63. The molecule has 6 nitrogen and oxygen atoms in total. The maximum Gasteiger partial charge on any atom is 0.246 e. The third-order valence-corrected chi connectivity index (χ3v) is 7.91. The van der Waals surface area contributed by atoms with Crippen LogP contribution in [0.5, 0.6) is 0 Å². The van der Waals surface area contributed by atoms with Crippen molar-refractivity contribution in [3.05, 3.63) is 71.0 Å². The second kappa shape index (κ2) is 8.54. The number of anilines is 1. The Morgan fingerprint density at radius 1 is 0.969 bits per heavy atom. The van der Waals surface area contributed by atoms with Crippen molar-refractivity contribution in [3.63, 3.8) is 0 Å². The van der Waals surface area contributed by atoms with Gasteiger partial charge in [-0.05, 0) is 36.8 Å². The number of rotatable bonds is 4. The molecule has 1 saturated heterocycles. The highest BCUT2D eigenvalue weighted by atomic mass is 35.5. The first-order valence-electron chi connectivity index (χ1n) is 10.7. The van der Waals surface area contributed by atoms with E-state index in [1.807, 2.05) is 76.2 Å². The zero-order valence-corrected chi connectivity index (χ0v) is 20.5. The van der Waals surface area contributed by atoms with Crippen LogP contribution in [0.1, 0.15) is 32.0 Å². The van der Waals surface area contributed by atoms with E-state index in [0.717, 1.165) is 16.9 Å². The van der Waals surface area contributed by atoms with Crippen molar-refractivity contribution in [1.82, 2.24) is 14.1 Å². The van der Waals surface area contributed by atoms with Crippen molar-refractivity contribution in [2.45, 2.75) is 38.0 Å². The van der Waals surface area contributed by atoms with Crippen LogP contribution in [0.2, 0.25) is 5.02 Å². The Bertz CT molecular complexity index is 1210. The molecule has 8 heteroatoms. The molecule has 1 aliphatic rings. The molecule has 2 heterocycles. The fourth-order valence-corrected chi connectivity index (χ4v) is 5.92. The number of piperazine rings is 1. The molecule has 0 saturated carbocycles. The van der Waals surface area contributed by atoms with Gasteiger partial charge in [0.25, 0.3) is 0 Å². The lowest BCUT2D eigenvalue weighted by atomic mass is 9.92. The van der Waals surface area contributed by atoms with Crippen LogP contribution in [0, 0.1) is 6.92 Å². The van der Waals surface area contributed by atoms with Crippen LogP contribution in [0.25, 0.3) is 5.69 Å². The van der Waals surface area contributed by atoms with Crippen molar-refractivity contribution in [1.29, 1.82) is 0 Å². The minimum Gasteiger partial charge on any atom is -0.369 e. The number of hydrogen-bond donors (Lipinski definition) is 0. The zero-order chi connectivity index (χ0) is 23.1. The number of para-hydroxylation sites is 1. The van der Waals surface area contributed by atoms with E-state index in [0.29, 0.717) is 36.9 Å². The summed E-state index contributed by atoms with van der Waals surface area (Å²) in [5, 5.41) is 5.37. The first-order chi connectivity index (χ1) is 15.1. The molecule has 0 spiro atoms. The molecule has 3 aromatic rings. The lowest BCUT2D eigenvalue weighted by molar-refractivity contribution is 0.383. The topological polar surface area (TPSA) is 58.4 Å². The normalized spacial score (nSPS) is 15.8. The Labute approximate surface area is 195 Å². The summed E-state index contributed by atoms with van der Waals surface area (Å²) in [6.45, 7) is 10.1. The second-order valence-corrected chi connectivity index (χ2v) is 11.5. The SMILES string of the molecule is Cc1ccc(Cl)cc1N1CCN(S(=O)(=O)c2cn(-c3ccccc3)nc2C(C)(C)C)CC1. The number of nitrogens with zero attached hydrogens (tertiary/aromatic N) is 4. The molecule has 0 N–H and O–H groups in total. The summed E-state index contributed by atoms with van der Waals surface area (Å²) in [6.07, 6.45) is 1.65. The molecular weight excluding hydrogens is 444 g/mol. The highest BCUT2D eigenvalue weighted by Crippen LogP contribution is 2.32. The van der Waals surface area contributed by atoms with Gasteiger partial charge in [-0.1, -0.05) is 56.6 Å². The van der Waals surface area contributed by atoms with Crippen molar-refractivity contribution in [3.8, 4) is 5.69 Å². The van der Waals surface area contributed by atoms with Gasteiger partial charge in [-0.25, -0.2) is 13.1 Å². The largest absolute Gasteiger partial charge is 0.369 e. The quantitative estimate of drug-likeness (QED) is 0.555. The molecule has 170 valence electrons. The molecule has 0 aliphatic carbocycles. The number of aromatic nitrogens is 2. The van der Waals surface area contributed by atoms with E-state index in [-0.39, 0.29) is 4.90 Å². The van der Waals surface area contributed by atoms with Gasteiger partial charge in [0, 0.05) is 42.3 Å². The minimum atomic E-state index is -3.69. The van der Waals surface area contributed by atoms with Gasteiger partial charge in [0.1, 0.15) is 4.90 Å². The van der Waals surface area contributed by atoms with Gasteiger partial charge >= 0.3 is 0 Å². The van der Waals surface area contributed by atoms with E-state index < -0.39 is 15.4 Å². The van der Waals surface area contributed by atoms with Crippen LogP contribution in [0.3, 0.4) is 0 Å². The molecule has 0 bridgehead atoms. The smallest absolute Gasteiger partial charge is 0.246 e. The lowest BCUT2D eigenvalue weighted by Crippen LogP contribution is -2.49. The van der Waals surface area contributed by atoms with E-state index >= 15 is 0 Å². The van der Waals surface area contributed by atoms with Crippen molar-refractivity contribution in [2.24, 2.45) is 0 Å². The fraction of sp³-hybridized carbons (Fsp3) is 0.375. The molecule has 0 unspecified atom stereocenters. The van der Waals surface area contributed by atoms with Crippen LogP contribution in [0.4, 0.5) is 5.69 Å².